The van der Waals surface area contributed by atoms with Crippen molar-refractivity contribution < 1.29 is 19.0 Å². The summed E-state index contributed by atoms with van der Waals surface area (Å²) in [7, 11) is 1.25. The molecule has 0 saturated carbocycles. The van der Waals surface area contributed by atoms with Crippen molar-refractivity contribution in [1.29, 1.82) is 0 Å². The van der Waals surface area contributed by atoms with E-state index in [4.69, 9.17) is 15.2 Å². The van der Waals surface area contributed by atoms with E-state index in [-0.39, 0.29) is 5.84 Å². The Hall–Kier alpha value is -3.80. The van der Waals surface area contributed by atoms with Crippen LogP contribution in [-0.2, 0) is 18.0 Å². The number of para-hydroxylation sites is 1. The number of benzene rings is 3. The van der Waals surface area contributed by atoms with Gasteiger partial charge in [0.1, 0.15) is 30.5 Å². The van der Waals surface area contributed by atoms with Crippen LogP contribution in [0.1, 0.15) is 16.7 Å². The summed E-state index contributed by atoms with van der Waals surface area (Å²) in [6, 6.07) is 24.8. The fraction of sp³-hybridized carbons (Fsp3) is 0.130. The summed E-state index contributed by atoms with van der Waals surface area (Å²) in [5.41, 5.74) is 8.49. The van der Waals surface area contributed by atoms with Gasteiger partial charge in [0.15, 0.2) is 0 Å². The molecule has 0 saturated heterocycles. The zero-order valence-corrected chi connectivity index (χ0v) is 16.1. The molecule has 0 heterocycles. The largest absolute Gasteiger partial charge is 0.489 e. The maximum Gasteiger partial charge on any atom is 0.435 e. The summed E-state index contributed by atoms with van der Waals surface area (Å²) < 4.78 is 16.1. The topological polar surface area (TPSA) is 83.1 Å². The van der Waals surface area contributed by atoms with E-state index < -0.39 is 6.09 Å². The summed E-state index contributed by atoms with van der Waals surface area (Å²) in [5, 5.41) is 0. The second kappa shape index (κ2) is 9.94. The van der Waals surface area contributed by atoms with Gasteiger partial charge in [-0.3, -0.25) is 0 Å². The average Bonchev–Trinajstić information content (AvgIpc) is 2.77. The van der Waals surface area contributed by atoms with E-state index in [2.05, 4.69) is 15.8 Å². The fourth-order valence-corrected chi connectivity index (χ4v) is 2.59. The van der Waals surface area contributed by atoms with Gasteiger partial charge < -0.3 is 19.9 Å². The van der Waals surface area contributed by atoms with Crippen LogP contribution in [0.5, 0.6) is 11.5 Å². The van der Waals surface area contributed by atoms with Crippen molar-refractivity contribution in [2.45, 2.75) is 13.2 Å². The van der Waals surface area contributed by atoms with Crippen LogP contribution in [0.25, 0.3) is 0 Å². The molecule has 29 heavy (non-hydrogen) atoms. The van der Waals surface area contributed by atoms with Crippen LogP contribution < -0.4 is 15.2 Å². The molecular formula is C23H22N2O4. The van der Waals surface area contributed by atoms with Crippen LogP contribution >= 0.6 is 0 Å². The first-order valence-corrected chi connectivity index (χ1v) is 9.05. The summed E-state index contributed by atoms with van der Waals surface area (Å²) in [5.74, 6) is 1.62. The normalized spacial score (nSPS) is 11.0. The Morgan fingerprint density at radius 1 is 0.828 bits per heavy atom. The Labute approximate surface area is 169 Å². The molecule has 0 unspecified atom stereocenters. The van der Waals surface area contributed by atoms with Gasteiger partial charge in [0.05, 0.1) is 7.11 Å². The Morgan fingerprint density at radius 2 is 1.41 bits per heavy atom. The lowest BCUT2D eigenvalue weighted by atomic mass is 10.1. The van der Waals surface area contributed by atoms with Gasteiger partial charge in [-0.05, 0) is 53.6 Å². The van der Waals surface area contributed by atoms with Crippen LogP contribution in [0.4, 0.5) is 4.79 Å². The number of hydrogen-bond acceptors (Lipinski definition) is 4. The summed E-state index contributed by atoms with van der Waals surface area (Å²) in [4.78, 5) is 14.8. The number of hydrogen-bond donors (Lipinski definition) is 1. The average molecular weight is 390 g/mol. The number of carbonyl (C=O) groups excluding carboxylic acids is 1. The highest BCUT2D eigenvalue weighted by Crippen LogP contribution is 2.16. The number of methoxy groups -OCH3 is 1. The van der Waals surface area contributed by atoms with Crippen molar-refractivity contribution >= 4 is 11.9 Å². The van der Waals surface area contributed by atoms with Crippen molar-refractivity contribution in [3.8, 4) is 11.5 Å². The zero-order chi connectivity index (χ0) is 20.5. The second-order valence-electron chi connectivity index (χ2n) is 6.20. The van der Waals surface area contributed by atoms with Gasteiger partial charge >= 0.3 is 6.09 Å². The molecule has 0 aliphatic rings. The second-order valence-corrected chi connectivity index (χ2v) is 6.20. The summed E-state index contributed by atoms with van der Waals surface area (Å²) in [6.07, 6.45) is -0.737. The highest BCUT2D eigenvalue weighted by atomic mass is 16.5. The molecule has 1 amide bonds. The Bertz CT molecular complexity index is 970. The molecule has 0 atom stereocenters. The monoisotopic (exact) mass is 390 g/mol. The standard InChI is InChI=1S/C23H22N2O4/c1-27-23(26)25-22(24)19-10-12-21(13-11-19)29-16-18-7-5-6-17(14-18)15-28-20-8-3-2-4-9-20/h2-14H,15-16H2,1H3,(H2,24,25,26). The lowest BCUT2D eigenvalue weighted by Gasteiger charge is -2.10. The number of ether oxygens (including phenoxy) is 3. The van der Waals surface area contributed by atoms with Gasteiger partial charge in [0.2, 0.25) is 0 Å². The maximum absolute atomic E-state index is 11.2. The minimum atomic E-state index is -0.737. The highest BCUT2D eigenvalue weighted by Gasteiger charge is 2.04. The Kier molecular flexibility index (Phi) is 6.84. The molecule has 6 nitrogen and oxygen atoms in total. The number of amidine groups is 1. The molecule has 0 radical (unpaired) electrons. The van der Waals surface area contributed by atoms with Gasteiger partial charge in [-0.2, -0.15) is 4.99 Å². The molecule has 0 aliphatic carbocycles. The minimum Gasteiger partial charge on any atom is -0.489 e. The summed E-state index contributed by atoms with van der Waals surface area (Å²) in [6.45, 7) is 0.912. The minimum absolute atomic E-state index is 0.0921. The molecule has 0 aliphatic heterocycles. The van der Waals surface area contributed by atoms with Gasteiger partial charge in [-0.1, -0.05) is 36.4 Å². The molecule has 0 bridgehead atoms. The van der Waals surface area contributed by atoms with Crippen molar-refractivity contribution in [1.82, 2.24) is 0 Å². The van der Waals surface area contributed by atoms with Gasteiger partial charge in [-0.25, -0.2) is 4.79 Å². The number of nitrogens with two attached hydrogens (primary N) is 1. The van der Waals surface area contributed by atoms with E-state index in [1.807, 2.05) is 48.5 Å². The predicted molar refractivity (Wildman–Crippen MR) is 111 cm³/mol. The van der Waals surface area contributed by atoms with Crippen molar-refractivity contribution in [2.75, 3.05) is 7.11 Å². The molecular weight excluding hydrogens is 368 g/mol. The third kappa shape index (κ3) is 6.10. The first-order valence-electron chi connectivity index (χ1n) is 9.05. The molecule has 148 valence electrons. The number of amides is 1. The van der Waals surface area contributed by atoms with Crippen LogP contribution in [0, 0.1) is 0 Å². The molecule has 0 spiro atoms. The van der Waals surface area contributed by atoms with E-state index in [1.165, 1.54) is 7.11 Å². The van der Waals surface area contributed by atoms with Gasteiger partial charge in [-0.15, -0.1) is 0 Å². The van der Waals surface area contributed by atoms with Crippen LogP contribution in [0.2, 0.25) is 0 Å². The van der Waals surface area contributed by atoms with E-state index in [9.17, 15) is 4.79 Å². The van der Waals surface area contributed by atoms with Crippen LogP contribution in [0.15, 0.2) is 83.9 Å². The molecule has 0 fully saturated rings. The van der Waals surface area contributed by atoms with E-state index >= 15 is 0 Å². The molecule has 3 aromatic carbocycles. The highest BCUT2D eigenvalue weighted by molar-refractivity contribution is 6.02. The van der Waals surface area contributed by atoms with E-state index in [0.717, 1.165) is 16.9 Å². The smallest absolute Gasteiger partial charge is 0.435 e. The Balaban J connectivity index is 1.56. The SMILES string of the molecule is COC(=O)N=C(N)c1ccc(OCc2cccc(COc3ccccc3)c2)cc1. The van der Waals surface area contributed by atoms with Gasteiger partial charge in [0, 0.05) is 5.56 Å². The number of nitrogens with zero attached hydrogens (tertiary/aromatic N) is 1. The number of rotatable bonds is 7. The number of aliphatic imine (C=N–C) groups is 1. The maximum atomic E-state index is 11.2. The van der Waals surface area contributed by atoms with Gasteiger partial charge in [0.25, 0.3) is 0 Å². The first kappa shape index (κ1) is 19.9. The van der Waals surface area contributed by atoms with Crippen molar-refractivity contribution in [3.63, 3.8) is 0 Å². The predicted octanol–water partition coefficient (Wildman–Crippen LogP) is 4.32. The lowest BCUT2D eigenvalue weighted by Crippen LogP contribution is -2.15. The lowest BCUT2D eigenvalue weighted by molar-refractivity contribution is 0.182. The molecule has 3 rings (SSSR count). The first-order chi connectivity index (χ1) is 14.1. The van der Waals surface area contributed by atoms with E-state index in [0.29, 0.717) is 24.5 Å². The molecule has 0 aromatic heterocycles. The quantitative estimate of drug-likeness (QED) is 0.480. The third-order valence-electron chi connectivity index (χ3n) is 4.08. The zero-order valence-electron chi connectivity index (χ0n) is 16.1. The molecule has 3 aromatic rings. The Morgan fingerprint density at radius 3 is 2.00 bits per heavy atom. The van der Waals surface area contributed by atoms with Crippen molar-refractivity contribution in [3.05, 3.63) is 95.6 Å². The fourth-order valence-electron chi connectivity index (χ4n) is 2.59. The number of carbonyl (C=O) groups is 1. The third-order valence-corrected chi connectivity index (χ3v) is 4.08. The van der Waals surface area contributed by atoms with Crippen LogP contribution in [-0.4, -0.2) is 19.0 Å². The molecule has 2 N–H and O–H groups in total. The van der Waals surface area contributed by atoms with E-state index in [1.54, 1.807) is 24.3 Å². The molecule has 6 heteroatoms. The van der Waals surface area contributed by atoms with Crippen molar-refractivity contribution in [2.24, 2.45) is 10.7 Å². The van der Waals surface area contributed by atoms with Crippen LogP contribution in [0.3, 0.4) is 0 Å². The summed E-state index contributed by atoms with van der Waals surface area (Å²) >= 11 is 0.